The van der Waals surface area contributed by atoms with Crippen LogP contribution in [0.4, 0.5) is 5.00 Å². The van der Waals surface area contributed by atoms with Crippen LogP contribution in [0.2, 0.25) is 0 Å². The average Bonchev–Trinajstić information content (AvgIpc) is 2.81. The molecule has 1 atom stereocenters. The number of benzene rings is 1. The minimum Gasteiger partial charge on any atom is -0.368 e. The van der Waals surface area contributed by atoms with Gasteiger partial charge in [-0.3, -0.25) is 0 Å². The van der Waals surface area contributed by atoms with Crippen molar-refractivity contribution in [2.24, 2.45) is 0 Å². The van der Waals surface area contributed by atoms with Crippen molar-refractivity contribution in [2.75, 3.05) is 11.6 Å². The Morgan fingerprint density at radius 2 is 1.94 bits per heavy atom. The second kappa shape index (κ2) is 5.03. The van der Waals surface area contributed by atoms with Crippen molar-refractivity contribution in [3.05, 3.63) is 36.0 Å². The third kappa shape index (κ3) is 3.05. The predicted octanol–water partition coefficient (Wildman–Crippen LogP) is 2.11. The van der Waals surface area contributed by atoms with E-state index in [4.69, 9.17) is 0 Å². The first-order valence-electron chi connectivity index (χ1n) is 5.31. The number of hydrogen-bond acceptors (Lipinski definition) is 6. The van der Waals surface area contributed by atoms with Gasteiger partial charge in [-0.25, -0.2) is 8.42 Å². The Hall–Kier alpha value is -1.47. The van der Waals surface area contributed by atoms with Gasteiger partial charge in [-0.1, -0.05) is 16.6 Å². The largest absolute Gasteiger partial charge is 0.368 e. The van der Waals surface area contributed by atoms with Crippen molar-refractivity contribution in [2.45, 2.75) is 17.9 Å². The molecule has 96 valence electrons. The van der Waals surface area contributed by atoms with Crippen LogP contribution in [0.5, 0.6) is 0 Å². The van der Waals surface area contributed by atoms with E-state index in [0.29, 0.717) is 4.90 Å². The molecule has 0 aliphatic heterocycles. The van der Waals surface area contributed by atoms with E-state index < -0.39 is 9.84 Å². The van der Waals surface area contributed by atoms with Crippen molar-refractivity contribution in [1.82, 2.24) is 9.59 Å². The molecule has 1 aromatic heterocycles. The van der Waals surface area contributed by atoms with E-state index in [1.165, 1.54) is 17.8 Å². The standard InChI is InChI=1S/C11H13N3O2S2/c1-8(13-11-7-12-14-17-11)9-3-5-10(6-4-9)18(2,15)16/h3-8,13H,1-2H3. The van der Waals surface area contributed by atoms with Gasteiger partial charge < -0.3 is 5.32 Å². The van der Waals surface area contributed by atoms with Gasteiger partial charge in [0.05, 0.1) is 11.1 Å². The lowest BCUT2D eigenvalue weighted by atomic mass is 10.1. The first kappa shape index (κ1) is 13.0. The monoisotopic (exact) mass is 283 g/mol. The predicted molar refractivity (Wildman–Crippen MR) is 71.5 cm³/mol. The van der Waals surface area contributed by atoms with Crippen LogP contribution in [0.15, 0.2) is 35.4 Å². The molecule has 0 saturated carbocycles. The summed E-state index contributed by atoms with van der Waals surface area (Å²) >= 11 is 1.29. The molecule has 0 amide bonds. The maximum Gasteiger partial charge on any atom is 0.175 e. The van der Waals surface area contributed by atoms with Gasteiger partial charge in [0.2, 0.25) is 0 Å². The number of rotatable bonds is 4. The summed E-state index contributed by atoms with van der Waals surface area (Å²) < 4.78 is 26.4. The van der Waals surface area contributed by atoms with Crippen LogP contribution in [-0.2, 0) is 9.84 Å². The zero-order chi connectivity index (χ0) is 13.2. The SMILES string of the molecule is CC(Nc1cnns1)c1ccc(S(C)(=O)=O)cc1. The van der Waals surface area contributed by atoms with Gasteiger partial charge in [0, 0.05) is 23.8 Å². The minimum atomic E-state index is -3.13. The highest BCUT2D eigenvalue weighted by molar-refractivity contribution is 7.90. The highest BCUT2D eigenvalue weighted by atomic mass is 32.2. The first-order valence-corrected chi connectivity index (χ1v) is 7.97. The molecule has 2 aromatic rings. The lowest BCUT2D eigenvalue weighted by Crippen LogP contribution is -2.06. The molecule has 0 fully saturated rings. The van der Waals surface area contributed by atoms with E-state index in [-0.39, 0.29) is 6.04 Å². The van der Waals surface area contributed by atoms with Crippen molar-refractivity contribution >= 4 is 26.4 Å². The van der Waals surface area contributed by atoms with Gasteiger partial charge in [-0.15, -0.1) is 5.10 Å². The summed E-state index contributed by atoms with van der Waals surface area (Å²) in [7, 11) is -3.13. The molecule has 0 saturated heterocycles. The Bertz CT molecular complexity index is 606. The molecule has 2 rings (SSSR count). The first-order chi connectivity index (χ1) is 8.47. The van der Waals surface area contributed by atoms with Gasteiger partial charge in [0.15, 0.2) is 9.84 Å². The number of hydrogen-bond donors (Lipinski definition) is 1. The molecule has 0 spiro atoms. The van der Waals surface area contributed by atoms with E-state index in [9.17, 15) is 8.42 Å². The molecule has 1 heterocycles. The molecule has 0 aliphatic rings. The fourth-order valence-corrected chi connectivity index (χ4v) is 2.67. The summed E-state index contributed by atoms with van der Waals surface area (Å²) in [5.74, 6) is 0. The van der Waals surface area contributed by atoms with Gasteiger partial charge in [-0.05, 0) is 24.6 Å². The van der Waals surface area contributed by atoms with Crippen LogP contribution in [0, 0.1) is 0 Å². The fourth-order valence-electron chi connectivity index (χ4n) is 1.53. The maximum absolute atomic E-state index is 11.3. The van der Waals surface area contributed by atoms with Crippen LogP contribution < -0.4 is 5.32 Å². The number of anilines is 1. The quantitative estimate of drug-likeness (QED) is 0.930. The molecule has 1 unspecified atom stereocenters. The zero-order valence-electron chi connectivity index (χ0n) is 9.99. The molecule has 1 aromatic carbocycles. The van der Waals surface area contributed by atoms with Crippen LogP contribution in [0.1, 0.15) is 18.5 Å². The highest BCUT2D eigenvalue weighted by Crippen LogP contribution is 2.21. The lowest BCUT2D eigenvalue weighted by molar-refractivity contribution is 0.602. The minimum absolute atomic E-state index is 0.0702. The number of aromatic nitrogens is 2. The van der Waals surface area contributed by atoms with Gasteiger partial charge in [-0.2, -0.15) is 0 Å². The van der Waals surface area contributed by atoms with E-state index in [2.05, 4.69) is 14.9 Å². The Morgan fingerprint density at radius 1 is 1.28 bits per heavy atom. The lowest BCUT2D eigenvalue weighted by Gasteiger charge is -2.13. The molecule has 0 radical (unpaired) electrons. The van der Waals surface area contributed by atoms with Crippen LogP contribution in [0.25, 0.3) is 0 Å². The average molecular weight is 283 g/mol. The van der Waals surface area contributed by atoms with Crippen molar-refractivity contribution in [3.8, 4) is 0 Å². The summed E-state index contributed by atoms with van der Waals surface area (Å²) in [4.78, 5) is 0.331. The summed E-state index contributed by atoms with van der Waals surface area (Å²) in [6.07, 6.45) is 2.86. The van der Waals surface area contributed by atoms with Crippen LogP contribution in [-0.4, -0.2) is 24.3 Å². The Kier molecular flexibility index (Phi) is 3.63. The third-order valence-electron chi connectivity index (χ3n) is 2.53. The molecule has 7 heteroatoms. The van der Waals surface area contributed by atoms with Crippen molar-refractivity contribution < 1.29 is 8.42 Å². The summed E-state index contributed by atoms with van der Waals surface area (Å²) in [5, 5.41) is 7.87. The Morgan fingerprint density at radius 3 is 2.44 bits per heavy atom. The van der Waals surface area contributed by atoms with E-state index in [0.717, 1.165) is 10.6 Å². The van der Waals surface area contributed by atoms with E-state index >= 15 is 0 Å². The van der Waals surface area contributed by atoms with Crippen molar-refractivity contribution in [3.63, 3.8) is 0 Å². The molecule has 0 aliphatic carbocycles. The number of nitrogens with zero attached hydrogens (tertiary/aromatic N) is 2. The van der Waals surface area contributed by atoms with Crippen LogP contribution in [0.3, 0.4) is 0 Å². The highest BCUT2D eigenvalue weighted by Gasteiger charge is 2.10. The van der Waals surface area contributed by atoms with Gasteiger partial charge >= 0.3 is 0 Å². The Labute approximate surface area is 110 Å². The zero-order valence-corrected chi connectivity index (χ0v) is 11.6. The molecule has 18 heavy (non-hydrogen) atoms. The van der Waals surface area contributed by atoms with E-state index in [1.54, 1.807) is 18.3 Å². The topological polar surface area (TPSA) is 72.0 Å². The second-order valence-electron chi connectivity index (χ2n) is 3.99. The smallest absolute Gasteiger partial charge is 0.175 e. The molecular weight excluding hydrogens is 270 g/mol. The number of sulfone groups is 1. The van der Waals surface area contributed by atoms with Gasteiger partial charge in [0.1, 0.15) is 5.00 Å². The number of nitrogens with one attached hydrogen (secondary N) is 1. The normalized spacial score (nSPS) is 13.2. The van der Waals surface area contributed by atoms with Gasteiger partial charge in [0.25, 0.3) is 0 Å². The third-order valence-corrected chi connectivity index (χ3v) is 4.25. The maximum atomic E-state index is 11.3. The van der Waals surface area contributed by atoms with E-state index in [1.807, 2.05) is 19.1 Å². The summed E-state index contributed by atoms with van der Waals surface area (Å²) in [5.41, 5.74) is 1.01. The molecular formula is C11H13N3O2S2. The molecule has 1 N–H and O–H groups in total. The van der Waals surface area contributed by atoms with Crippen LogP contribution >= 0.6 is 11.5 Å². The second-order valence-corrected chi connectivity index (χ2v) is 6.79. The Balaban J connectivity index is 2.14. The molecule has 0 bridgehead atoms. The van der Waals surface area contributed by atoms with Crippen molar-refractivity contribution in [1.29, 1.82) is 0 Å². The summed E-state index contributed by atoms with van der Waals surface area (Å²) in [6.45, 7) is 2.00. The summed E-state index contributed by atoms with van der Waals surface area (Å²) in [6, 6.07) is 6.92. The molecule has 5 nitrogen and oxygen atoms in total. The fraction of sp³-hybridized carbons (Fsp3) is 0.273.